The third-order valence-corrected chi connectivity index (χ3v) is 5.31. The fourth-order valence-corrected chi connectivity index (χ4v) is 3.71. The highest BCUT2D eigenvalue weighted by atomic mass is 127. The summed E-state index contributed by atoms with van der Waals surface area (Å²) in [5.74, 6) is 0.0309. The van der Waals surface area contributed by atoms with Crippen molar-refractivity contribution in [1.82, 2.24) is 10.3 Å². The minimum absolute atomic E-state index is 0.0338. The topological polar surface area (TPSA) is 82.2 Å². The molecule has 3 aromatic rings. The van der Waals surface area contributed by atoms with Crippen LogP contribution in [-0.4, -0.2) is 22.5 Å². The van der Waals surface area contributed by atoms with Crippen molar-refractivity contribution in [2.75, 3.05) is 6.54 Å². The van der Waals surface area contributed by atoms with Gasteiger partial charge < -0.3 is 15.4 Å². The normalized spacial score (nSPS) is 10.9. The molecule has 0 fully saturated rings. The lowest BCUT2D eigenvalue weighted by Gasteiger charge is -2.07. The van der Waals surface area contributed by atoms with E-state index in [1.807, 2.05) is 24.3 Å². The molecule has 0 aliphatic rings. The van der Waals surface area contributed by atoms with E-state index in [1.165, 1.54) is 0 Å². The van der Waals surface area contributed by atoms with E-state index in [0.29, 0.717) is 24.9 Å². The van der Waals surface area contributed by atoms with Crippen LogP contribution in [0.15, 0.2) is 41.2 Å². The number of thiazole rings is 1. The summed E-state index contributed by atoms with van der Waals surface area (Å²) < 4.78 is 1.88. The van der Waals surface area contributed by atoms with Crippen molar-refractivity contribution >= 4 is 50.1 Å². The number of aromatic nitrogens is 1. The van der Waals surface area contributed by atoms with Crippen molar-refractivity contribution in [2.24, 2.45) is 0 Å². The molecule has 3 rings (SSSR count). The number of phenols is 1. The molecule has 1 aromatic heterocycles. The summed E-state index contributed by atoms with van der Waals surface area (Å²) in [5.41, 5.74) is 2.37. The van der Waals surface area contributed by atoms with E-state index < -0.39 is 0 Å². The van der Waals surface area contributed by atoms with E-state index >= 15 is 0 Å². The van der Waals surface area contributed by atoms with E-state index in [0.717, 1.165) is 30.7 Å². The van der Waals surface area contributed by atoms with Crippen LogP contribution in [0.2, 0.25) is 0 Å². The van der Waals surface area contributed by atoms with Gasteiger partial charge in [0.05, 0.1) is 11.1 Å². The van der Waals surface area contributed by atoms with E-state index in [9.17, 15) is 14.7 Å². The van der Waals surface area contributed by atoms with Crippen LogP contribution in [0, 0.1) is 3.57 Å². The Kier molecular flexibility index (Phi) is 5.20. The predicted molar refractivity (Wildman–Crippen MR) is 104 cm³/mol. The summed E-state index contributed by atoms with van der Waals surface area (Å²) >= 11 is 3.30. The Bertz CT molecular complexity index is 931. The minimum atomic E-state index is -0.199. The first-order valence-corrected chi connectivity index (χ1v) is 9.27. The molecule has 0 radical (unpaired) electrons. The standard InChI is InChI=1S/C17H15IN2O3S/c18-12-4-1-10(2-5-12)9-14(22)19-8-7-11-3-6-13(21)15-16(11)24-17(23)20-15/h1-6,21H,7-9H2,(H,19,22)(H,20,23). The maximum absolute atomic E-state index is 12.0. The van der Waals surface area contributed by atoms with E-state index in [2.05, 4.69) is 32.9 Å². The molecule has 0 unspecified atom stereocenters. The fraction of sp³-hybridized carbons (Fsp3) is 0.176. The largest absolute Gasteiger partial charge is 0.506 e. The Hall–Kier alpha value is -1.87. The number of benzene rings is 2. The molecular formula is C17H15IN2O3S. The molecule has 0 saturated carbocycles. The summed E-state index contributed by atoms with van der Waals surface area (Å²) in [6.45, 7) is 0.481. The number of nitrogens with one attached hydrogen (secondary N) is 2. The Balaban J connectivity index is 1.60. The number of aromatic amines is 1. The van der Waals surface area contributed by atoms with Crippen molar-refractivity contribution in [3.63, 3.8) is 0 Å². The highest BCUT2D eigenvalue weighted by molar-refractivity contribution is 14.1. The second kappa shape index (κ2) is 7.35. The van der Waals surface area contributed by atoms with Gasteiger partial charge in [0.15, 0.2) is 0 Å². The lowest BCUT2D eigenvalue weighted by atomic mass is 10.1. The quantitative estimate of drug-likeness (QED) is 0.519. The van der Waals surface area contributed by atoms with Gasteiger partial charge in [-0.05, 0) is 58.3 Å². The number of aromatic hydroxyl groups is 1. The van der Waals surface area contributed by atoms with Crippen molar-refractivity contribution in [3.05, 3.63) is 60.8 Å². The van der Waals surface area contributed by atoms with E-state index in [4.69, 9.17) is 0 Å². The molecule has 0 saturated heterocycles. The second-order valence-corrected chi connectivity index (χ2v) is 7.59. The third-order valence-electron chi connectivity index (χ3n) is 3.63. The second-order valence-electron chi connectivity index (χ2n) is 5.37. The molecule has 3 N–H and O–H groups in total. The zero-order valence-electron chi connectivity index (χ0n) is 12.6. The first kappa shape index (κ1) is 17.0. The molecule has 7 heteroatoms. The molecule has 5 nitrogen and oxygen atoms in total. The summed E-state index contributed by atoms with van der Waals surface area (Å²) in [4.78, 5) is 25.9. The first-order chi connectivity index (χ1) is 11.5. The Labute approximate surface area is 155 Å². The van der Waals surface area contributed by atoms with Crippen LogP contribution < -0.4 is 10.2 Å². The molecule has 0 bridgehead atoms. The highest BCUT2D eigenvalue weighted by Gasteiger charge is 2.10. The molecule has 0 aliphatic heterocycles. The summed E-state index contributed by atoms with van der Waals surface area (Å²) in [6.07, 6.45) is 0.947. The average Bonchev–Trinajstić information content (AvgIpc) is 2.94. The molecular weight excluding hydrogens is 439 g/mol. The van der Waals surface area contributed by atoms with E-state index in [1.54, 1.807) is 12.1 Å². The number of hydrogen-bond acceptors (Lipinski definition) is 4. The molecule has 24 heavy (non-hydrogen) atoms. The van der Waals surface area contributed by atoms with E-state index in [-0.39, 0.29) is 16.5 Å². The number of rotatable bonds is 5. The number of carbonyl (C=O) groups is 1. The summed E-state index contributed by atoms with van der Waals surface area (Å²) in [7, 11) is 0. The summed E-state index contributed by atoms with van der Waals surface area (Å²) in [6, 6.07) is 11.2. The molecule has 124 valence electrons. The number of amides is 1. The maximum Gasteiger partial charge on any atom is 0.305 e. The molecule has 0 spiro atoms. The van der Waals surface area contributed by atoms with Crippen molar-refractivity contribution in [2.45, 2.75) is 12.8 Å². The number of fused-ring (bicyclic) bond motifs is 1. The molecule has 2 aromatic carbocycles. The average molecular weight is 454 g/mol. The van der Waals surface area contributed by atoms with Crippen LogP contribution in [0.4, 0.5) is 0 Å². The lowest BCUT2D eigenvalue weighted by Crippen LogP contribution is -2.27. The number of hydrogen-bond donors (Lipinski definition) is 3. The molecule has 0 aliphatic carbocycles. The van der Waals surface area contributed by atoms with Gasteiger partial charge in [0, 0.05) is 10.1 Å². The zero-order chi connectivity index (χ0) is 17.1. The van der Waals surface area contributed by atoms with Crippen LogP contribution in [0.5, 0.6) is 5.75 Å². The van der Waals surface area contributed by atoms with Gasteiger partial charge in [-0.2, -0.15) is 0 Å². The minimum Gasteiger partial charge on any atom is -0.506 e. The van der Waals surface area contributed by atoms with Crippen molar-refractivity contribution < 1.29 is 9.90 Å². The van der Waals surface area contributed by atoms with Crippen LogP contribution in [-0.2, 0) is 17.6 Å². The van der Waals surface area contributed by atoms with Crippen LogP contribution in [0.3, 0.4) is 0 Å². The van der Waals surface area contributed by atoms with Gasteiger partial charge in [-0.25, -0.2) is 0 Å². The van der Waals surface area contributed by atoms with Gasteiger partial charge in [0.2, 0.25) is 5.91 Å². The van der Waals surface area contributed by atoms with Gasteiger partial charge in [0.25, 0.3) is 0 Å². The summed E-state index contributed by atoms with van der Waals surface area (Å²) in [5, 5.41) is 12.7. The van der Waals surface area contributed by atoms with Crippen molar-refractivity contribution in [3.8, 4) is 5.75 Å². The van der Waals surface area contributed by atoms with Gasteiger partial charge in [-0.1, -0.05) is 29.5 Å². The lowest BCUT2D eigenvalue weighted by molar-refractivity contribution is -0.120. The van der Waals surface area contributed by atoms with Crippen molar-refractivity contribution in [1.29, 1.82) is 0 Å². The molecule has 1 amide bonds. The first-order valence-electron chi connectivity index (χ1n) is 7.38. The zero-order valence-corrected chi connectivity index (χ0v) is 15.6. The fourth-order valence-electron chi connectivity index (χ4n) is 2.46. The third kappa shape index (κ3) is 3.96. The predicted octanol–water partition coefficient (Wildman–Crippen LogP) is 2.80. The van der Waals surface area contributed by atoms with Gasteiger partial charge in [-0.3, -0.25) is 9.59 Å². The number of H-pyrrole nitrogens is 1. The SMILES string of the molecule is O=C(Cc1ccc(I)cc1)NCCc1ccc(O)c2[nH]c(=O)sc12. The smallest absolute Gasteiger partial charge is 0.305 e. The Morgan fingerprint density at radius 1 is 1.21 bits per heavy atom. The maximum atomic E-state index is 12.0. The van der Waals surface area contributed by atoms with Crippen LogP contribution in [0.1, 0.15) is 11.1 Å². The monoisotopic (exact) mass is 454 g/mol. The van der Waals surface area contributed by atoms with Gasteiger partial charge >= 0.3 is 4.87 Å². The Morgan fingerprint density at radius 3 is 2.71 bits per heavy atom. The van der Waals surface area contributed by atoms with Gasteiger partial charge in [0.1, 0.15) is 11.3 Å². The molecule has 0 atom stereocenters. The van der Waals surface area contributed by atoms with Crippen LogP contribution >= 0.6 is 33.9 Å². The number of halogens is 1. The Morgan fingerprint density at radius 2 is 1.96 bits per heavy atom. The van der Waals surface area contributed by atoms with Gasteiger partial charge in [-0.15, -0.1) is 0 Å². The highest BCUT2D eigenvalue weighted by Crippen LogP contribution is 2.27. The number of carbonyl (C=O) groups excluding carboxylic acids is 1. The number of phenolic OH excluding ortho intramolecular Hbond substituents is 1. The molecule has 1 heterocycles. The van der Waals surface area contributed by atoms with Crippen LogP contribution in [0.25, 0.3) is 10.2 Å².